The van der Waals surface area contributed by atoms with Crippen molar-refractivity contribution < 1.29 is 28.5 Å². The Morgan fingerprint density at radius 1 is 1.13 bits per heavy atom. The number of benzene rings is 1. The third-order valence-corrected chi connectivity index (χ3v) is 7.43. The van der Waals surface area contributed by atoms with Crippen molar-refractivity contribution in [1.29, 1.82) is 0 Å². The first-order chi connectivity index (χ1) is 18.1. The lowest BCUT2D eigenvalue weighted by Gasteiger charge is -2.28. The van der Waals surface area contributed by atoms with E-state index in [0.29, 0.717) is 29.8 Å². The number of amides is 1. The Bertz CT molecular complexity index is 1110. The minimum absolute atomic E-state index is 0.0120. The molecule has 5 atom stereocenters. The molecule has 39 heavy (non-hydrogen) atoms. The van der Waals surface area contributed by atoms with Crippen molar-refractivity contribution in [2.24, 2.45) is 11.8 Å². The number of fused-ring (bicyclic) bond motifs is 2. The Morgan fingerprint density at radius 3 is 2.44 bits per heavy atom. The summed E-state index contributed by atoms with van der Waals surface area (Å²) in [6.45, 7) is 17.9. The van der Waals surface area contributed by atoms with E-state index in [1.54, 1.807) is 4.90 Å². The number of hydrogen-bond donors (Lipinski definition) is 0. The van der Waals surface area contributed by atoms with Gasteiger partial charge in [-0.05, 0) is 78.1 Å². The molecule has 8 heteroatoms. The average molecular weight is 654 g/mol. The molecule has 1 aromatic carbocycles. The van der Waals surface area contributed by atoms with Crippen LogP contribution in [0.1, 0.15) is 83.3 Å². The molecule has 0 N–H and O–H groups in total. The van der Waals surface area contributed by atoms with E-state index in [9.17, 15) is 9.59 Å². The number of rotatable bonds is 3. The molecule has 0 unspecified atom stereocenters. The summed E-state index contributed by atoms with van der Waals surface area (Å²) < 4.78 is 24.9. The smallest absolute Gasteiger partial charge is 0.414 e. The quantitative estimate of drug-likeness (QED) is 0.146. The summed E-state index contributed by atoms with van der Waals surface area (Å²) in [7, 11) is 0. The number of hydrogen-bond acceptors (Lipinski definition) is 6. The maximum Gasteiger partial charge on any atom is 0.414 e. The van der Waals surface area contributed by atoms with Gasteiger partial charge in [0.05, 0.1) is 17.8 Å². The summed E-state index contributed by atoms with van der Waals surface area (Å²) in [5, 5.41) is 0. The normalized spacial score (nSPS) is 28.1. The van der Waals surface area contributed by atoms with Crippen molar-refractivity contribution in [3.63, 3.8) is 0 Å². The van der Waals surface area contributed by atoms with Gasteiger partial charge in [-0.25, -0.2) is 9.59 Å². The molecule has 1 fully saturated rings. The van der Waals surface area contributed by atoms with Crippen molar-refractivity contribution in [2.45, 2.75) is 98.4 Å². The number of cyclic esters (lactones) is 1. The van der Waals surface area contributed by atoms with Gasteiger partial charge in [0.1, 0.15) is 11.7 Å². The van der Waals surface area contributed by atoms with Crippen LogP contribution in [-0.2, 0) is 18.9 Å². The fraction of sp³-hybridized carbons (Fsp3) is 0.613. The molecule has 0 spiro atoms. The predicted molar refractivity (Wildman–Crippen MR) is 163 cm³/mol. The van der Waals surface area contributed by atoms with Gasteiger partial charge in [0.25, 0.3) is 0 Å². The number of aryl methyl sites for hydroxylation is 1. The number of nitrogens with zero attached hydrogens (tertiary/aromatic N) is 1. The van der Waals surface area contributed by atoms with E-state index >= 15 is 0 Å². The predicted octanol–water partition coefficient (Wildman–Crippen LogP) is 7.48. The van der Waals surface area contributed by atoms with E-state index in [1.807, 2.05) is 79.7 Å². The van der Waals surface area contributed by atoms with E-state index in [2.05, 4.69) is 41.7 Å². The van der Waals surface area contributed by atoms with Crippen LogP contribution in [0.2, 0.25) is 0 Å². The maximum atomic E-state index is 13.5. The zero-order chi connectivity index (χ0) is 29.1. The zero-order valence-corrected chi connectivity index (χ0v) is 26.9. The molecule has 0 radical (unpaired) electrons. The van der Waals surface area contributed by atoms with E-state index in [-0.39, 0.29) is 36.1 Å². The second kappa shape index (κ2) is 12.7. The molecule has 7 nitrogen and oxygen atoms in total. The van der Waals surface area contributed by atoms with Crippen molar-refractivity contribution in [1.82, 2.24) is 0 Å². The summed E-state index contributed by atoms with van der Waals surface area (Å²) in [5.41, 5.74) is 1.96. The molecule has 0 bridgehead atoms. The van der Waals surface area contributed by atoms with Crippen LogP contribution < -0.4 is 4.90 Å². The molecular formula is C31H44INO6. The van der Waals surface area contributed by atoms with E-state index in [0.717, 1.165) is 9.99 Å². The van der Waals surface area contributed by atoms with E-state index in [1.165, 1.54) is 0 Å². The highest BCUT2D eigenvalue weighted by Crippen LogP contribution is 2.35. The Kier molecular flexibility index (Phi) is 10.3. The van der Waals surface area contributed by atoms with Crippen LogP contribution >= 0.6 is 22.6 Å². The molecule has 0 aliphatic carbocycles. The van der Waals surface area contributed by atoms with Gasteiger partial charge in [0, 0.05) is 28.5 Å². The molecule has 0 aromatic heterocycles. The number of carbonyl (C=O) groups is 2. The summed E-state index contributed by atoms with van der Waals surface area (Å²) in [6, 6.07) is 3.72. The third-order valence-electron chi connectivity index (χ3n) is 6.95. The number of anilines is 1. The number of carbonyl (C=O) groups excluding carboxylic acids is 2. The molecule has 2 aliphatic rings. The second-order valence-corrected chi connectivity index (χ2v) is 13.1. The Balaban J connectivity index is 2.08. The molecule has 1 aromatic rings. The van der Waals surface area contributed by atoms with Gasteiger partial charge in [-0.1, -0.05) is 60.7 Å². The minimum Gasteiger partial charge on any atom is -0.458 e. The number of esters is 1. The second-order valence-electron chi connectivity index (χ2n) is 12.0. The summed E-state index contributed by atoms with van der Waals surface area (Å²) >= 11 is 2.24. The highest BCUT2D eigenvalue weighted by Gasteiger charge is 2.42. The largest absolute Gasteiger partial charge is 0.458 e. The van der Waals surface area contributed by atoms with Gasteiger partial charge in [0.2, 0.25) is 0 Å². The van der Waals surface area contributed by atoms with E-state index in [4.69, 9.17) is 18.9 Å². The minimum atomic E-state index is -0.674. The molecule has 1 saturated heterocycles. The standard InChI is InChI=1S/C31H44INO6/c1-19-13-14-20(2)27-25(37-31(8,9)38-27)12-10-11-23-18-24(17-21(3)26(23)28(34)36-22(19)4)33(16-15-32)29(35)39-30(5,6)7/h10-11,13-14,17-20,22,25,27H,12,15-16H2,1-9H3/b11-10?,14-13-/t19-,20-,22+,25+,27-/m1/s1. The lowest BCUT2D eigenvalue weighted by molar-refractivity contribution is -0.148. The first-order valence-electron chi connectivity index (χ1n) is 13.7. The van der Waals surface area contributed by atoms with Gasteiger partial charge < -0.3 is 18.9 Å². The summed E-state index contributed by atoms with van der Waals surface area (Å²) in [4.78, 5) is 28.2. The fourth-order valence-corrected chi connectivity index (χ4v) is 5.34. The molecule has 0 saturated carbocycles. The monoisotopic (exact) mass is 653 g/mol. The van der Waals surface area contributed by atoms with Gasteiger partial charge in [0.15, 0.2) is 5.79 Å². The first-order valence-corrected chi connectivity index (χ1v) is 15.3. The fourth-order valence-electron chi connectivity index (χ4n) is 4.86. The zero-order valence-electron chi connectivity index (χ0n) is 24.7. The van der Waals surface area contributed by atoms with Crippen molar-refractivity contribution in [2.75, 3.05) is 15.9 Å². The highest BCUT2D eigenvalue weighted by atomic mass is 127. The van der Waals surface area contributed by atoms with Crippen LogP contribution in [0.25, 0.3) is 6.08 Å². The van der Waals surface area contributed by atoms with Gasteiger partial charge in [-0.3, -0.25) is 4.90 Å². The van der Waals surface area contributed by atoms with Crippen LogP contribution in [0.15, 0.2) is 30.4 Å². The maximum absolute atomic E-state index is 13.5. The van der Waals surface area contributed by atoms with Crippen LogP contribution in [0, 0.1) is 18.8 Å². The van der Waals surface area contributed by atoms with Gasteiger partial charge in [-0.2, -0.15) is 0 Å². The molecule has 1 amide bonds. The Hall–Kier alpha value is -1.91. The van der Waals surface area contributed by atoms with Crippen molar-refractivity contribution in [3.8, 4) is 0 Å². The molecule has 2 heterocycles. The topological polar surface area (TPSA) is 74.3 Å². The SMILES string of the molecule is Cc1cc(N(CCI)C(=O)OC(C)(C)C)cc2c1C(=O)O[C@@H](C)[C@H](C)/C=C\[C@@H](C)[C@H]1OC(C)(C)O[C@H]1CC=C2. The molecule has 2 aliphatic heterocycles. The molecule has 3 rings (SSSR count). The number of alkyl halides is 1. The summed E-state index contributed by atoms with van der Waals surface area (Å²) in [6.07, 6.45) is 7.79. The van der Waals surface area contributed by atoms with Gasteiger partial charge >= 0.3 is 12.1 Å². The lowest BCUT2D eigenvalue weighted by Crippen LogP contribution is -2.38. The molecular weight excluding hydrogens is 609 g/mol. The third kappa shape index (κ3) is 8.30. The van der Waals surface area contributed by atoms with Crippen LogP contribution in [0.5, 0.6) is 0 Å². The summed E-state index contributed by atoms with van der Waals surface area (Å²) in [5.74, 6) is -0.923. The first kappa shape index (κ1) is 31.6. The van der Waals surface area contributed by atoms with Crippen molar-refractivity contribution >= 4 is 46.4 Å². The van der Waals surface area contributed by atoms with Crippen LogP contribution in [0.3, 0.4) is 0 Å². The number of ether oxygens (including phenoxy) is 4. The Labute approximate surface area is 247 Å². The highest BCUT2D eigenvalue weighted by molar-refractivity contribution is 14.1. The van der Waals surface area contributed by atoms with Crippen LogP contribution in [0.4, 0.5) is 10.5 Å². The Morgan fingerprint density at radius 2 is 1.79 bits per heavy atom. The van der Waals surface area contributed by atoms with E-state index < -0.39 is 17.5 Å². The number of halogens is 1. The van der Waals surface area contributed by atoms with Crippen molar-refractivity contribution in [3.05, 3.63) is 47.1 Å². The van der Waals surface area contributed by atoms with Crippen LogP contribution in [-0.4, -0.2) is 52.7 Å². The average Bonchev–Trinajstić information content (AvgIpc) is 3.12. The van der Waals surface area contributed by atoms with Gasteiger partial charge in [-0.15, -0.1) is 0 Å². The molecule has 216 valence electrons. The lowest BCUT2D eigenvalue weighted by atomic mass is 9.93.